The second-order valence-corrected chi connectivity index (χ2v) is 0.0745. The van der Waals surface area contributed by atoms with Crippen molar-refractivity contribution in [2.45, 2.75) is 0 Å². The van der Waals surface area contributed by atoms with Crippen LogP contribution in [0.15, 0.2) is 5.34 Å². The predicted molar refractivity (Wildman–Crippen MR) is 20.9 cm³/mol. The SMILES string of the molecule is N.O=N[O-].[N-]=O.[Ru+]. The molecule has 7 heteroatoms. The molecule has 0 saturated carbocycles. The largest absolute Gasteiger partial charge is 1.00 e. The van der Waals surface area contributed by atoms with Crippen molar-refractivity contribution < 1.29 is 19.5 Å². The number of rotatable bonds is 0. The fourth-order valence-corrected chi connectivity index (χ4v) is 0. The summed E-state index contributed by atoms with van der Waals surface area (Å²) in [5.41, 5.74) is 5.75. The molecule has 0 aromatic rings. The Morgan fingerprint density at radius 1 is 1.43 bits per heavy atom. The summed E-state index contributed by atoms with van der Waals surface area (Å²) in [6.07, 6.45) is 0. The summed E-state index contributed by atoms with van der Waals surface area (Å²) in [7, 11) is 0. The number of nitrogens with zero attached hydrogens (tertiary/aromatic N) is 2. The molecule has 1 radical (unpaired) electrons. The van der Waals surface area contributed by atoms with Gasteiger partial charge in [-0.1, -0.05) is 0 Å². The molecule has 0 aromatic heterocycles. The molecular weight excluding hydrogens is 191 g/mol. The summed E-state index contributed by atoms with van der Waals surface area (Å²) >= 11 is 0. The Bertz CT molecular complexity index is 24.1. The average molecular weight is 194 g/mol. The minimum Gasteiger partial charge on any atom is -0.577 e. The van der Waals surface area contributed by atoms with E-state index in [9.17, 15) is 0 Å². The molecule has 0 aliphatic carbocycles. The zero-order valence-electron chi connectivity index (χ0n) is 3.18. The van der Waals surface area contributed by atoms with Crippen LogP contribution in [-0.4, -0.2) is 0 Å². The fraction of sp³-hybridized carbons (Fsp3) is 0. The molecule has 0 aliphatic heterocycles. The van der Waals surface area contributed by atoms with Crippen molar-refractivity contribution in [1.29, 1.82) is 0 Å². The van der Waals surface area contributed by atoms with Crippen LogP contribution in [-0.2, 0) is 19.5 Å². The van der Waals surface area contributed by atoms with Crippen LogP contribution < -0.4 is 6.15 Å². The van der Waals surface area contributed by atoms with Crippen molar-refractivity contribution in [3.63, 3.8) is 0 Å². The Kier molecular flexibility index (Phi) is 1510. The molecular formula is H3N3O3Ru-. The Labute approximate surface area is 52.3 Å². The third-order valence-electron chi connectivity index (χ3n) is 0. The summed E-state index contributed by atoms with van der Waals surface area (Å²) < 4.78 is 0. The molecule has 0 bridgehead atoms. The molecule has 0 fully saturated rings. The molecule has 0 aromatic carbocycles. The van der Waals surface area contributed by atoms with Gasteiger partial charge in [0.05, 0.1) is 0 Å². The normalized spacial score (nSPS) is 2.29. The van der Waals surface area contributed by atoms with Gasteiger partial charge in [-0.25, -0.2) is 0 Å². The van der Waals surface area contributed by atoms with Crippen molar-refractivity contribution in [2.75, 3.05) is 0 Å². The number of hydrogen-bond acceptors (Lipinski definition) is 5. The monoisotopic (exact) mass is 195 g/mol. The van der Waals surface area contributed by atoms with Crippen LogP contribution in [0.1, 0.15) is 0 Å². The van der Waals surface area contributed by atoms with Crippen molar-refractivity contribution >= 4 is 0 Å². The van der Waals surface area contributed by atoms with Gasteiger partial charge in [0.1, 0.15) is 0 Å². The molecule has 0 aliphatic rings. The number of hydrogen-bond donors (Lipinski definition) is 1. The van der Waals surface area contributed by atoms with Crippen molar-refractivity contribution in [1.82, 2.24) is 6.15 Å². The van der Waals surface area contributed by atoms with Gasteiger partial charge in [-0.05, 0) is 0 Å². The predicted octanol–water partition coefficient (Wildman–Crippen LogP) is 0.732. The van der Waals surface area contributed by atoms with E-state index >= 15 is 0 Å². The van der Waals surface area contributed by atoms with E-state index in [1.54, 1.807) is 0 Å². The second kappa shape index (κ2) is 345. The van der Waals surface area contributed by atoms with Crippen LogP contribution >= 0.6 is 0 Å². The molecule has 0 saturated heterocycles. The van der Waals surface area contributed by atoms with Crippen molar-refractivity contribution in [2.24, 2.45) is 5.34 Å². The maximum Gasteiger partial charge on any atom is 1.00 e. The number of nitroso groups, excluding NO2 is 1. The van der Waals surface area contributed by atoms with E-state index in [0.29, 0.717) is 0 Å². The Hall–Kier alpha value is -0.417. The molecule has 0 heterocycles. The maximum absolute atomic E-state index is 8.00. The van der Waals surface area contributed by atoms with Gasteiger partial charge in [-0.15, -0.1) is 5.34 Å². The van der Waals surface area contributed by atoms with E-state index in [1.807, 2.05) is 0 Å². The quantitative estimate of drug-likeness (QED) is 0.346. The standard InChI is InChI=1S/HNO2.NO.H3N.Ru/c2-1-3;1-2;;/h(H,2,3);;1H3;/q;-1;;+1/p-1. The first-order chi connectivity index (χ1) is 2.41. The van der Waals surface area contributed by atoms with Crippen molar-refractivity contribution in [3.8, 4) is 0 Å². The first kappa shape index (κ1) is 30.8. The van der Waals surface area contributed by atoms with E-state index in [-0.39, 0.29) is 25.6 Å². The van der Waals surface area contributed by atoms with Gasteiger partial charge in [0.15, 0.2) is 0 Å². The zero-order valence-corrected chi connectivity index (χ0v) is 4.92. The van der Waals surface area contributed by atoms with Crippen LogP contribution in [0.4, 0.5) is 0 Å². The molecule has 0 atom stereocenters. The molecule has 0 rings (SSSR count). The van der Waals surface area contributed by atoms with Crippen molar-refractivity contribution in [3.05, 3.63) is 20.6 Å². The van der Waals surface area contributed by atoms with Gasteiger partial charge in [-0.3, -0.25) is 0 Å². The summed E-state index contributed by atoms with van der Waals surface area (Å²) in [5, 5.41) is 9.00. The first-order valence-corrected chi connectivity index (χ1v) is 0.548. The minimum atomic E-state index is 0. The van der Waals surface area contributed by atoms with E-state index < -0.39 is 0 Å². The van der Waals surface area contributed by atoms with E-state index in [4.69, 9.17) is 20.6 Å². The summed E-state index contributed by atoms with van der Waals surface area (Å²) in [4.78, 5) is 15.2. The summed E-state index contributed by atoms with van der Waals surface area (Å²) in [6.45, 7) is 0. The van der Waals surface area contributed by atoms with Gasteiger partial charge in [0, 0.05) is 0 Å². The fourth-order valence-electron chi connectivity index (χ4n) is 0. The summed E-state index contributed by atoms with van der Waals surface area (Å²) in [6, 6.07) is 0. The Morgan fingerprint density at radius 2 is 1.43 bits per heavy atom. The van der Waals surface area contributed by atoms with Gasteiger partial charge < -0.3 is 26.8 Å². The molecule has 6 nitrogen and oxygen atoms in total. The van der Waals surface area contributed by atoms with Crippen LogP contribution in [0.3, 0.4) is 0 Å². The van der Waals surface area contributed by atoms with Crippen LogP contribution in [0.5, 0.6) is 0 Å². The van der Waals surface area contributed by atoms with E-state index in [2.05, 4.69) is 0 Å². The summed E-state index contributed by atoms with van der Waals surface area (Å²) in [5.74, 6) is 0. The molecule has 45 valence electrons. The smallest absolute Gasteiger partial charge is 0.577 e. The average Bonchev–Trinajstić information content (AvgIpc) is 1.46. The molecule has 7 heavy (non-hydrogen) atoms. The van der Waals surface area contributed by atoms with Gasteiger partial charge in [0.25, 0.3) is 0 Å². The third-order valence-corrected chi connectivity index (χ3v) is 0. The molecule has 0 spiro atoms. The second-order valence-electron chi connectivity index (χ2n) is 0.0745. The molecule has 0 amide bonds. The molecule has 0 unspecified atom stereocenters. The van der Waals surface area contributed by atoms with Crippen LogP contribution in [0.25, 0.3) is 5.59 Å². The topological polar surface area (TPSA) is 127 Å². The van der Waals surface area contributed by atoms with Gasteiger partial charge >= 0.3 is 19.5 Å². The molecule has 3 N–H and O–H groups in total. The Balaban J connectivity index is -0.0000000105. The third kappa shape index (κ3) is 413. The maximum atomic E-state index is 8.00. The Morgan fingerprint density at radius 3 is 1.43 bits per heavy atom. The van der Waals surface area contributed by atoms with Gasteiger partial charge in [0.2, 0.25) is 0 Å². The van der Waals surface area contributed by atoms with E-state index in [1.165, 1.54) is 0 Å². The van der Waals surface area contributed by atoms with E-state index in [0.717, 1.165) is 5.34 Å². The zero-order chi connectivity index (χ0) is 4.71. The minimum absolute atomic E-state index is 0. The van der Waals surface area contributed by atoms with Crippen LogP contribution in [0, 0.1) is 15.0 Å². The first-order valence-electron chi connectivity index (χ1n) is 0.548. The van der Waals surface area contributed by atoms with Crippen LogP contribution in [0.2, 0.25) is 0 Å². The van der Waals surface area contributed by atoms with Gasteiger partial charge in [-0.2, -0.15) is 0 Å².